The van der Waals surface area contributed by atoms with E-state index in [1.807, 2.05) is 31.1 Å². The highest BCUT2D eigenvalue weighted by Gasteiger charge is 2.45. The molecule has 2 aromatic carbocycles. The van der Waals surface area contributed by atoms with Crippen molar-refractivity contribution in [3.63, 3.8) is 0 Å². The number of carbonyl (C=O) groups excluding carboxylic acids is 2. The van der Waals surface area contributed by atoms with Crippen LogP contribution in [0, 0.1) is 0 Å². The summed E-state index contributed by atoms with van der Waals surface area (Å²) in [5.41, 5.74) is 1.35. The topological polar surface area (TPSA) is 70.1 Å². The quantitative estimate of drug-likeness (QED) is 0.376. The van der Waals surface area contributed by atoms with Crippen molar-refractivity contribution in [3.05, 3.63) is 69.7 Å². The second kappa shape index (κ2) is 9.45. The van der Waals surface area contributed by atoms with E-state index in [1.165, 1.54) is 0 Å². The van der Waals surface area contributed by atoms with E-state index in [-0.39, 0.29) is 11.3 Å². The molecule has 158 valence electrons. The summed E-state index contributed by atoms with van der Waals surface area (Å²) in [5, 5.41) is 11.0. The fourth-order valence-electron chi connectivity index (χ4n) is 3.56. The third-order valence-electron chi connectivity index (χ3n) is 5.09. The van der Waals surface area contributed by atoms with Crippen molar-refractivity contribution in [1.29, 1.82) is 0 Å². The largest absolute Gasteiger partial charge is 0.507 e. The highest BCUT2D eigenvalue weighted by Crippen LogP contribution is 2.40. The molecule has 0 bridgehead atoms. The Kier molecular flexibility index (Phi) is 6.95. The maximum atomic E-state index is 12.9. The van der Waals surface area contributed by atoms with E-state index in [2.05, 4.69) is 15.9 Å². The Morgan fingerprint density at radius 2 is 1.73 bits per heavy atom. The predicted molar refractivity (Wildman–Crippen MR) is 119 cm³/mol. The lowest BCUT2D eigenvalue weighted by Gasteiger charge is -2.26. The zero-order chi connectivity index (χ0) is 21.8. The van der Waals surface area contributed by atoms with Crippen LogP contribution >= 0.6 is 15.9 Å². The van der Waals surface area contributed by atoms with Gasteiger partial charge in [0.25, 0.3) is 11.7 Å². The SMILES string of the molecule is COc1ccc([C@H]2/C(=C(\O)c3ccc(Br)cc3)C(=O)C(=O)N2CCCN(C)C)cc1. The van der Waals surface area contributed by atoms with Gasteiger partial charge in [-0.05, 0) is 56.9 Å². The number of aliphatic hydroxyl groups excluding tert-OH is 1. The Bertz CT molecular complexity index is 952. The third kappa shape index (κ3) is 4.57. The molecule has 0 aromatic heterocycles. The second-order valence-corrected chi connectivity index (χ2v) is 8.35. The molecule has 1 saturated heterocycles. The van der Waals surface area contributed by atoms with E-state index in [1.54, 1.807) is 48.4 Å². The van der Waals surface area contributed by atoms with E-state index < -0.39 is 17.7 Å². The van der Waals surface area contributed by atoms with Gasteiger partial charge in [-0.15, -0.1) is 0 Å². The molecule has 1 amide bonds. The molecule has 1 aliphatic heterocycles. The summed E-state index contributed by atoms with van der Waals surface area (Å²) >= 11 is 3.37. The van der Waals surface area contributed by atoms with E-state index in [0.29, 0.717) is 24.3 Å². The van der Waals surface area contributed by atoms with Crippen LogP contribution in [-0.4, -0.2) is 60.9 Å². The number of Topliss-reactive ketones (excluding diaryl/α,β-unsaturated/α-hetero) is 1. The molecule has 1 atom stereocenters. The summed E-state index contributed by atoms with van der Waals surface area (Å²) in [6.07, 6.45) is 0.713. The number of nitrogens with zero attached hydrogens (tertiary/aromatic N) is 2. The van der Waals surface area contributed by atoms with Gasteiger partial charge in [-0.3, -0.25) is 9.59 Å². The normalized spacial score (nSPS) is 18.3. The summed E-state index contributed by atoms with van der Waals surface area (Å²) in [6, 6.07) is 13.6. The number of carbonyl (C=O) groups is 2. The Labute approximate surface area is 184 Å². The molecule has 0 saturated carbocycles. The van der Waals surface area contributed by atoms with Crippen molar-refractivity contribution in [2.45, 2.75) is 12.5 Å². The average Bonchev–Trinajstić information content (AvgIpc) is 2.98. The van der Waals surface area contributed by atoms with Gasteiger partial charge in [0, 0.05) is 16.6 Å². The van der Waals surface area contributed by atoms with E-state index >= 15 is 0 Å². The first-order chi connectivity index (χ1) is 14.3. The summed E-state index contributed by atoms with van der Waals surface area (Å²) in [4.78, 5) is 29.4. The Hall–Kier alpha value is -2.64. The van der Waals surface area contributed by atoms with Crippen LogP contribution in [0.2, 0.25) is 0 Å². The third-order valence-corrected chi connectivity index (χ3v) is 5.62. The fraction of sp³-hybridized carbons (Fsp3) is 0.304. The standard InChI is InChI=1S/C23H25BrN2O4/c1-25(2)13-4-14-26-20(15-7-11-18(30-3)12-8-15)19(22(28)23(26)29)21(27)16-5-9-17(24)10-6-16/h5-12,20,27H,4,13-14H2,1-3H3/b21-19+/t20-/m0/s1. The smallest absolute Gasteiger partial charge is 0.295 e. The molecule has 30 heavy (non-hydrogen) atoms. The maximum absolute atomic E-state index is 12.9. The highest BCUT2D eigenvalue weighted by atomic mass is 79.9. The first-order valence-electron chi connectivity index (χ1n) is 9.66. The lowest BCUT2D eigenvalue weighted by Crippen LogP contribution is -2.32. The zero-order valence-corrected chi connectivity index (χ0v) is 18.8. The molecule has 0 aliphatic carbocycles. The molecule has 6 nitrogen and oxygen atoms in total. The van der Waals surface area contributed by atoms with Gasteiger partial charge in [-0.1, -0.05) is 40.2 Å². The van der Waals surface area contributed by atoms with Gasteiger partial charge in [-0.25, -0.2) is 0 Å². The average molecular weight is 473 g/mol. The number of ketones is 1. The molecule has 1 heterocycles. The van der Waals surface area contributed by atoms with Gasteiger partial charge in [0.1, 0.15) is 11.5 Å². The van der Waals surface area contributed by atoms with Crippen molar-refractivity contribution in [2.24, 2.45) is 0 Å². The van der Waals surface area contributed by atoms with Crippen LogP contribution in [0.15, 0.2) is 58.6 Å². The van der Waals surface area contributed by atoms with Crippen molar-refractivity contribution in [2.75, 3.05) is 34.3 Å². The maximum Gasteiger partial charge on any atom is 0.295 e. The zero-order valence-electron chi connectivity index (χ0n) is 17.3. The Morgan fingerprint density at radius 3 is 2.30 bits per heavy atom. The predicted octanol–water partition coefficient (Wildman–Crippen LogP) is 3.83. The number of aliphatic hydroxyl groups is 1. The van der Waals surface area contributed by atoms with Crippen molar-refractivity contribution < 1.29 is 19.4 Å². The first-order valence-corrected chi connectivity index (χ1v) is 10.5. The molecule has 0 radical (unpaired) electrons. The van der Waals surface area contributed by atoms with Crippen molar-refractivity contribution in [3.8, 4) is 5.75 Å². The summed E-state index contributed by atoms with van der Waals surface area (Å²) < 4.78 is 6.08. The van der Waals surface area contributed by atoms with Crippen LogP contribution in [0.3, 0.4) is 0 Å². The molecule has 7 heteroatoms. The molecule has 3 rings (SSSR count). The second-order valence-electron chi connectivity index (χ2n) is 7.43. The minimum Gasteiger partial charge on any atom is -0.507 e. The molecule has 1 fully saturated rings. The number of likely N-dealkylation sites (tertiary alicyclic amines) is 1. The number of ether oxygens (including phenoxy) is 1. The number of halogens is 1. The molecule has 1 N–H and O–H groups in total. The molecule has 2 aromatic rings. The lowest BCUT2D eigenvalue weighted by atomic mass is 9.95. The Morgan fingerprint density at radius 1 is 1.10 bits per heavy atom. The number of methoxy groups -OCH3 is 1. The lowest BCUT2D eigenvalue weighted by molar-refractivity contribution is -0.139. The summed E-state index contributed by atoms with van der Waals surface area (Å²) in [5.74, 6) is -0.748. The minimum absolute atomic E-state index is 0.109. The molecular weight excluding hydrogens is 448 g/mol. The van der Waals surface area contributed by atoms with Gasteiger partial charge in [-0.2, -0.15) is 0 Å². The van der Waals surface area contributed by atoms with Crippen LogP contribution < -0.4 is 4.74 Å². The van der Waals surface area contributed by atoms with Crippen LogP contribution in [0.5, 0.6) is 5.75 Å². The highest BCUT2D eigenvalue weighted by molar-refractivity contribution is 9.10. The van der Waals surface area contributed by atoms with Gasteiger partial charge >= 0.3 is 0 Å². The van der Waals surface area contributed by atoms with Gasteiger partial charge in [0.2, 0.25) is 0 Å². The van der Waals surface area contributed by atoms with Gasteiger partial charge in [0.05, 0.1) is 18.7 Å². The fourth-order valence-corrected chi connectivity index (χ4v) is 3.83. The number of rotatable bonds is 7. The van der Waals surface area contributed by atoms with Crippen LogP contribution in [0.4, 0.5) is 0 Å². The van der Waals surface area contributed by atoms with Crippen LogP contribution in [0.1, 0.15) is 23.6 Å². The molecule has 1 aliphatic rings. The number of benzene rings is 2. The van der Waals surface area contributed by atoms with Crippen LogP contribution in [-0.2, 0) is 9.59 Å². The van der Waals surface area contributed by atoms with Crippen molar-refractivity contribution in [1.82, 2.24) is 9.80 Å². The van der Waals surface area contributed by atoms with E-state index in [4.69, 9.17) is 4.74 Å². The number of hydrogen-bond acceptors (Lipinski definition) is 5. The summed E-state index contributed by atoms with van der Waals surface area (Å²) in [7, 11) is 5.50. The van der Waals surface area contributed by atoms with E-state index in [0.717, 1.165) is 16.6 Å². The number of hydrogen-bond donors (Lipinski definition) is 1. The van der Waals surface area contributed by atoms with Crippen molar-refractivity contribution >= 4 is 33.4 Å². The molecule has 0 spiro atoms. The summed E-state index contributed by atoms with van der Waals surface area (Å²) in [6.45, 7) is 1.20. The molecule has 0 unspecified atom stereocenters. The Balaban J connectivity index is 2.07. The number of amides is 1. The van der Waals surface area contributed by atoms with Crippen LogP contribution in [0.25, 0.3) is 5.76 Å². The monoisotopic (exact) mass is 472 g/mol. The van der Waals surface area contributed by atoms with E-state index in [9.17, 15) is 14.7 Å². The first kappa shape index (κ1) is 22.1. The van der Waals surface area contributed by atoms with Gasteiger partial charge < -0.3 is 19.6 Å². The molecular formula is C23H25BrN2O4. The minimum atomic E-state index is -0.666. The van der Waals surface area contributed by atoms with Gasteiger partial charge in [0.15, 0.2) is 0 Å².